The van der Waals surface area contributed by atoms with E-state index < -0.39 is 0 Å². The maximum Gasteiger partial charge on any atom is 0.119 e. The second-order valence-corrected chi connectivity index (χ2v) is 6.65. The summed E-state index contributed by atoms with van der Waals surface area (Å²) >= 11 is 0. The Hall–Kier alpha value is -1.76. The molecular weight excluding hydrogens is 280 g/mol. The van der Waals surface area contributed by atoms with Gasteiger partial charge in [-0.15, -0.1) is 0 Å². The Balaban J connectivity index is 2.15. The van der Waals surface area contributed by atoms with Gasteiger partial charge in [0.15, 0.2) is 0 Å². The van der Waals surface area contributed by atoms with E-state index in [1.165, 1.54) is 36.8 Å². The normalized spacial score (nSPS) is 13.7. The summed E-state index contributed by atoms with van der Waals surface area (Å²) in [6.07, 6.45) is 6.35. The molecule has 0 aromatic heterocycles. The third kappa shape index (κ3) is 4.60. The SMILES string of the molecule is CCCCCCc1ccccc1C(C)C(C)c1ccccc1O. The van der Waals surface area contributed by atoms with E-state index in [0.717, 1.165) is 12.0 Å². The number of phenols is 1. The molecule has 0 radical (unpaired) electrons. The van der Waals surface area contributed by atoms with E-state index in [1.807, 2.05) is 18.2 Å². The zero-order chi connectivity index (χ0) is 16.7. The van der Waals surface area contributed by atoms with Gasteiger partial charge in [-0.05, 0) is 47.4 Å². The first-order valence-electron chi connectivity index (χ1n) is 9.00. The number of benzene rings is 2. The summed E-state index contributed by atoms with van der Waals surface area (Å²) in [7, 11) is 0. The van der Waals surface area contributed by atoms with Crippen LogP contribution in [0.3, 0.4) is 0 Å². The Morgan fingerprint density at radius 1 is 0.783 bits per heavy atom. The molecule has 0 amide bonds. The van der Waals surface area contributed by atoms with Gasteiger partial charge in [0, 0.05) is 0 Å². The van der Waals surface area contributed by atoms with E-state index in [-0.39, 0.29) is 0 Å². The van der Waals surface area contributed by atoms with Crippen LogP contribution >= 0.6 is 0 Å². The molecule has 0 aliphatic heterocycles. The van der Waals surface area contributed by atoms with Crippen molar-refractivity contribution in [2.75, 3.05) is 0 Å². The van der Waals surface area contributed by atoms with Crippen molar-refractivity contribution in [1.29, 1.82) is 0 Å². The van der Waals surface area contributed by atoms with Crippen LogP contribution < -0.4 is 0 Å². The Kier molecular flexibility index (Phi) is 6.70. The molecule has 2 unspecified atom stereocenters. The molecule has 0 heterocycles. The van der Waals surface area contributed by atoms with Gasteiger partial charge in [0.05, 0.1) is 0 Å². The fourth-order valence-electron chi connectivity index (χ4n) is 3.36. The maximum absolute atomic E-state index is 10.1. The monoisotopic (exact) mass is 310 g/mol. The Bertz CT molecular complexity index is 602. The van der Waals surface area contributed by atoms with Gasteiger partial charge in [-0.2, -0.15) is 0 Å². The molecule has 0 aliphatic rings. The summed E-state index contributed by atoms with van der Waals surface area (Å²) in [5, 5.41) is 10.1. The van der Waals surface area contributed by atoms with Crippen LogP contribution in [0.1, 0.15) is 75.0 Å². The van der Waals surface area contributed by atoms with E-state index in [4.69, 9.17) is 0 Å². The number of para-hydroxylation sites is 1. The summed E-state index contributed by atoms with van der Waals surface area (Å²) in [5.74, 6) is 1.10. The molecular formula is C22H30O. The molecule has 0 bridgehead atoms. The number of hydrogen-bond acceptors (Lipinski definition) is 1. The fraction of sp³-hybridized carbons (Fsp3) is 0.455. The standard InChI is InChI=1S/C22H30O/c1-4-5-6-7-12-19-13-8-9-14-20(19)17(2)18(3)21-15-10-11-16-22(21)23/h8-11,13-18,23H,4-7,12H2,1-3H3. The highest BCUT2D eigenvalue weighted by molar-refractivity contribution is 5.39. The van der Waals surface area contributed by atoms with Gasteiger partial charge in [-0.25, -0.2) is 0 Å². The summed E-state index contributed by atoms with van der Waals surface area (Å²) in [6.45, 7) is 6.75. The number of phenolic OH excluding ortho intramolecular Hbond substituents is 1. The zero-order valence-corrected chi connectivity index (χ0v) is 14.8. The van der Waals surface area contributed by atoms with Gasteiger partial charge in [-0.1, -0.05) is 82.5 Å². The van der Waals surface area contributed by atoms with E-state index in [9.17, 15) is 5.11 Å². The van der Waals surface area contributed by atoms with Crippen molar-refractivity contribution in [2.24, 2.45) is 0 Å². The van der Waals surface area contributed by atoms with Crippen molar-refractivity contribution in [1.82, 2.24) is 0 Å². The first-order chi connectivity index (χ1) is 11.1. The lowest BCUT2D eigenvalue weighted by atomic mass is 9.81. The van der Waals surface area contributed by atoms with E-state index in [0.29, 0.717) is 17.6 Å². The van der Waals surface area contributed by atoms with Gasteiger partial charge in [0.25, 0.3) is 0 Å². The highest BCUT2D eigenvalue weighted by Crippen LogP contribution is 2.37. The number of aromatic hydroxyl groups is 1. The molecule has 2 atom stereocenters. The first kappa shape index (κ1) is 17.6. The fourth-order valence-corrected chi connectivity index (χ4v) is 3.36. The third-order valence-electron chi connectivity index (χ3n) is 5.02. The largest absolute Gasteiger partial charge is 0.508 e. The van der Waals surface area contributed by atoms with Crippen molar-refractivity contribution in [3.05, 3.63) is 65.2 Å². The van der Waals surface area contributed by atoms with Crippen molar-refractivity contribution in [3.63, 3.8) is 0 Å². The molecule has 0 spiro atoms. The predicted octanol–water partition coefficient (Wildman–Crippen LogP) is 6.42. The highest BCUT2D eigenvalue weighted by atomic mass is 16.3. The number of aryl methyl sites for hydroxylation is 1. The minimum Gasteiger partial charge on any atom is -0.508 e. The van der Waals surface area contributed by atoms with Crippen LogP contribution in [0, 0.1) is 0 Å². The van der Waals surface area contributed by atoms with E-state index in [1.54, 1.807) is 6.07 Å². The lowest BCUT2D eigenvalue weighted by Gasteiger charge is -2.24. The molecule has 124 valence electrons. The molecule has 1 heteroatoms. The van der Waals surface area contributed by atoms with Gasteiger partial charge >= 0.3 is 0 Å². The van der Waals surface area contributed by atoms with Crippen molar-refractivity contribution in [2.45, 2.75) is 64.7 Å². The second kappa shape index (κ2) is 8.76. The molecule has 1 nitrogen and oxygen atoms in total. The minimum absolute atomic E-state index is 0.299. The van der Waals surface area contributed by atoms with Gasteiger partial charge in [0.1, 0.15) is 5.75 Å². The zero-order valence-electron chi connectivity index (χ0n) is 14.8. The lowest BCUT2D eigenvalue weighted by molar-refractivity contribution is 0.456. The molecule has 2 aromatic carbocycles. The number of rotatable bonds is 8. The minimum atomic E-state index is 0.299. The third-order valence-corrected chi connectivity index (χ3v) is 5.02. The first-order valence-corrected chi connectivity index (χ1v) is 9.00. The van der Waals surface area contributed by atoms with E-state index in [2.05, 4.69) is 45.0 Å². The Labute approximate surface area is 141 Å². The molecule has 2 rings (SSSR count). The van der Waals surface area contributed by atoms with Gasteiger partial charge in [-0.3, -0.25) is 0 Å². The predicted molar refractivity (Wildman–Crippen MR) is 99.2 cm³/mol. The second-order valence-electron chi connectivity index (χ2n) is 6.65. The molecule has 2 aromatic rings. The molecule has 23 heavy (non-hydrogen) atoms. The highest BCUT2D eigenvalue weighted by Gasteiger charge is 2.20. The maximum atomic E-state index is 10.1. The quantitative estimate of drug-likeness (QED) is 0.558. The van der Waals surface area contributed by atoms with Gasteiger partial charge < -0.3 is 5.11 Å². The van der Waals surface area contributed by atoms with Crippen LogP contribution in [0.25, 0.3) is 0 Å². The summed E-state index contributed by atoms with van der Waals surface area (Å²) < 4.78 is 0. The number of hydrogen-bond donors (Lipinski definition) is 1. The van der Waals surface area contributed by atoms with Crippen molar-refractivity contribution >= 4 is 0 Å². The van der Waals surface area contributed by atoms with Gasteiger partial charge in [0.2, 0.25) is 0 Å². The molecule has 0 saturated carbocycles. The lowest BCUT2D eigenvalue weighted by Crippen LogP contribution is -2.08. The van der Waals surface area contributed by atoms with Crippen LogP contribution in [0.2, 0.25) is 0 Å². The average Bonchev–Trinajstić information content (AvgIpc) is 2.58. The Morgan fingerprint density at radius 2 is 1.39 bits per heavy atom. The van der Waals surface area contributed by atoms with Crippen LogP contribution in [-0.4, -0.2) is 5.11 Å². The van der Waals surface area contributed by atoms with Crippen LogP contribution in [0.15, 0.2) is 48.5 Å². The van der Waals surface area contributed by atoms with Crippen LogP contribution in [-0.2, 0) is 6.42 Å². The van der Waals surface area contributed by atoms with Crippen LogP contribution in [0.5, 0.6) is 5.75 Å². The molecule has 0 aliphatic carbocycles. The molecule has 0 fully saturated rings. The number of unbranched alkanes of at least 4 members (excludes halogenated alkanes) is 3. The summed E-state index contributed by atoms with van der Waals surface area (Å²) in [5.41, 5.74) is 3.94. The average molecular weight is 310 g/mol. The molecule has 0 saturated heterocycles. The van der Waals surface area contributed by atoms with Crippen molar-refractivity contribution < 1.29 is 5.11 Å². The molecule has 1 N–H and O–H groups in total. The van der Waals surface area contributed by atoms with Crippen LogP contribution in [0.4, 0.5) is 0 Å². The smallest absolute Gasteiger partial charge is 0.119 e. The van der Waals surface area contributed by atoms with E-state index >= 15 is 0 Å². The topological polar surface area (TPSA) is 20.2 Å². The summed E-state index contributed by atoms with van der Waals surface area (Å²) in [6, 6.07) is 16.5. The Morgan fingerprint density at radius 3 is 2.09 bits per heavy atom. The van der Waals surface area contributed by atoms with Crippen molar-refractivity contribution in [3.8, 4) is 5.75 Å². The summed E-state index contributed by atoms with van der Waals surface area (Å²) in [4.78, 5) is 0.